The Morgan fingerprint density at radius 2 is 0.626 bits per heavy atom. The molecule has 4 aromatic heterocycles. The van der Waals surface area contributed by atoms with Crippen molar-refractivity contribution in [3.05, 3.63) is 303 Å². The summed E-state index contributed by atoms with van der Waals surface area (Å²) in [5, 5.41) is 0. The Morgan fingerprint density at radius 3 is 0.952 bits per heavy atom. The van der Waals surface area contributed by atoms with Crippen LogP contribution in [0.3, 0.4) is 0 Å². The normalized spacial score (nSPS) is 18.4. The number of amides is 4. The van der Waals surface area contributed by atoms with E-state index < -0.39 is 0 Å². The van der Waals surface area contributed by atoms with Crippen molar-refractivity contribution in [2.24, 2.45) is 0 Å². The summed E-state index contributed by atoms with van der Waals surface area (Å²) in [6, 6.07) is 52.8. The molecule has 20 heteroatoms. The first-order valence-electron chi connectivity index (χ1n) is 54.5. The van der Waals surface area contributed by atoms with Crippen molar-refractivity contribution in [3.63, 3.8) is 0 Å². The summed E-state index contributed by atoms with van der Waals surface area (Å²) in [6.07, 6.45) is 51.4. The maximum absolute atomic E-state index is 13.8. The Morgan fingerprint density at radius 1 is 0.327 bits per heavy atom. The van der Waals surface area contributed by atoms with E-state index in [1.165, 1.54) is 156 Å². The molecule has 0 bridgehead atoms. The first kappa shape index (κ1) is 101. The van der Waals surface area contributed by atoms with Crippen LogP contribution in [0.2, 0.25) is 0 Å². The molecule has 0 spiro atoms. The van der Waals surface area contributed by atoms with Gasteiger partial charge in [0, 0.05) is 209 Å². The second-order valence-electron chi connectivity index (χ2n) is 43.7. The fourth-order valence-electron chi connectivity index (χ4n) is 24.1. The highest BCUT2D eigenvalue weighted by atomic mass is 16.5. The van der Waals surface area contributed by atoms with E-state index in [-0.39, 0.29) is 23.6 Å². The van der Waals surface area contributed by atoms with E-state index in [1.807, 2.05) is 75.5 Å². The minimum absolute atomic E-state index is 0.119. The number of H-pyrrole nitrogens is 4. The smallest absolute Gasteiger partial charge is 0.254 e. The molecule has 4 saturated carbocycles. The van der Waals surface area contributed by atoms with Crippen LogP contribution in [0.25, 0.3) is 45.6 Å². The summed E-state index contributed by atoms with van der Waals surface area (Å²) in [5.74, 6) is 19.1. The van der Waals surface area contributed by atoms with Gasteiger partial charge in [-0.2, -0.15) is 0 Å². The predicted octanol–water partition coefficient (Wildman–Crippen LogP) is 22.5. The third-order valence-corrected chi connectivity index (χ3v) is 34.3. The van der Waals surface area contributed by atoms with Crippen molar-refractivity contribution in [3.8, 4) is 94.9 Å². The molecule has 12 aromatic rings. The van der Waals surface area contributed by atoms with Gasteiger partial charge in [-0.1, -0.05) is 122 Å². The average Bonchev–Trinajstić information content (AvgIpc) is 1.76. The number of likely N-dealkylation sites (tertiary alicyclic amines) is 4. The minimum Gasteiger partial charge on any atom is -0.378 e. The number of aromatic amines is 4. The highest BCUT2D eigenvalue weighted by molar-refractivity contribution is 6.00. The van der Waals surface area contributed by atoms with Crippen molar-refractivity contribution in [2.75, 3.05) is 113 Å². The molecule has 0 radical (unpaired) electrons. The molecule has 23 rings (SSSR count). The van der Waals surface area contributed by atoms with Crippen molar-refractivity contribution < 1.29 is 23.9 Å². The van der Waals surface area contributed by atoms with Crippen molar-refractivity contribution in [1.29, 1.82) is 0 Å². The van der Waals surface area contributed by atoms with Gasteiger partial charge in [0.1, 0.15) is 23.3 Å². The van der Waals surface area contributed by atoms with Gasteiger partial charge in [-0.15, -0.1) is 25.7 Å². The van der Waals surface area contributed by atoms with E-state index in [9.17, 15) is 19.2 Å². The van der Waals surface area contributed by atoms with E-state index in [2.05, 4.69) is 207 Å². The lowest BCUT2D eigenvalue weighted by atomic mass is 9.77. The highest BCUT2D eigenvalue weighted by Crippen LogP contribution is 2.48. The predicted molar refractivity (Wildman–Crippen MR) is 586 cm³/mol. The first-order valence-corrected chi connectivity index (χ1v) is 54.5. The second-order valence-corrected chi connectivity index (χ2v) is 43.7. The van der Waals surface area contributed by atoms with Gasteiger partial charge >= 0.3 is 0 Å². The summed E-state index contributed by atoms with van der Waals surface area (Å²) in [6.45, 7) is 19.1. The monoisotopic (exact) mass is 1960 g/mol. The van der Waals surface area contributed by atoms with Gasteiger partial charge in [-0.05, 0) is 332 Å². The highest BCUT2D eigenvalue weighted by Gasteiger charge is 2.38. The van der Waals surface area contributed by atoms with Gasteiger partial charge < -0.3 is 59.0 Å². The number of imidazole rings is 4. The van der Waals surface area contributed by atoms with Crippen LogP contribution in [0.15, 0.2) is 158 Å². The Hall–Kier alpha value is -13.4. The number of nitrogens with one attached hydrogen (secondary N) is 4. The van der Waals surface area contributed by atoms with Crippen LogP contribution in [0.4, 0.5) is 0 Å². The number of rotatable bonds is 18. The van der Waals surface area contributed by atoms with E-state index in [1.54, 1.807) is 7.11 Å². The van der Waals surface area contributed by atoms with Gasteiger partial charge in [-0.3, -0.25) is 19.2 Å². The SMILES string of the molecule is C#Cc1ccc(C2CCN(C(=O)c3cc(-c4nc5c([nH]4)CCN(C)CC5)c(C4CCC4)cc3C)CC2)cc1.C#Cc1ccc(C2CCN(C(=O)c3cc(-c4nc5c([nH]4)CN(C)CC5)c(C4CCC4)cc3C)CC2)cc1.C#Cc1ccc(C2CCN(C(=O)c3cc(-c4ncc(COC)[nH]4)c(C4CCC4)cc3C)CC2)cc1.C#Cc1ccc(C2CCN(C(=O)c3ccc(C4CCC4)c(-c4nc5c([nH]4)CCN(C)CC5)c3)CC2)cc1. The van der Waals surface area contributed by atoms with Crippen LogP contribution in [0.1, 0.15) is 341 Å². The standard InChI is InChI=1S/C33H38N4O.2C32H36N4O.C30H33N3O2/c1-4-23-8-10-24(11-9-23)25-12-18-37(19-13-25)33(38)27-21-29(28(20-22(27)2)26-6-5-7-26)32-34-30-14-16-36(3)17-15-31(30)35-32;1-4-22-8-10-23(11-9-22)24-12-16-36(17-13-24)32(37)26-19-28(27(18-21(26)2)25-6-5-7-25)31-33-29-14-15-35(3)20-30(29)34-31;1-3-22-7-9-23(10-8-22)24-13-19-36(20-14-24)32(37)26-11-12-27(25-5-4-6-25)28(21-26)31-33-29-15-17-35(2)18-16-30(29)34-31;1-4-21-8-10-22(11-9-21)23-12-14-33(15-13-23)30(34)26-17-28(29-31-18-25(32-29)19-35-3)27(16-20(26)2)24-6-5-7-24/h1,8-11,20-21,25-26H,5-7,12-19H2,2-3H3,(H,34,35);1,8-11,18-19,24-25H,5-7,12-17,20H2,2-3H3,(H,33,34);1,7-12,21,24-25H,4-6,13-20H2,2H3,(H,33,34);1,8-11,16-18,23-24H,5-7,12-15,19H2,2-3H3,(H,31,32). The average molecular weight is 1960 g/mol. The number of aryl methyl sites for hydroxylation is 3. The van der Waals surface area contributed by atoms with Gasteiger partial charge in [0.05, 0.1) is 41.3 Å². The van der Waals surface area contributed by atoms with Crippen LogP contribution < -0.4 is 0 Å². The van der Waals surface area contributed by atoms with Crippen LogP contribution in [0.5, 0.6) is 0 Å². The third kappa shape index (κ3) is 22.5. The number of aromatic nitrogens is 8. The number of carbonyl (C=O) groups excluding carboxylic acids is 4. The lowest BCUT2D eigenvalue weighted by molar-refractivity contribution is 0.0704. The van der Waals surface area contributed by atoms with Crippen LogP contribution in [-0.2, 0) is 50.0 Å². The van der Waals surface area contributed by atoms with Crippen LogP contribution in [0, 0.1) is 70.1 Å². The van der Waals surface area contributed by atoms with Gasteiger partial charge in [0.2, 0.25) is 0 Å². The molecular formula is C127H143N15O5. The number of piperidine rings is 4. The number of ether oxygens (including phenoxy) is 1. The molecule has 4 saturated heterocycles. The molecule has 20 nitrogen and oxygen atoms in total. The molecule has 11 aliphatic rings. The summed E-state index contributed by atoms with van der Waals surface area (Å²) < 4.78 is 5.26. The summed E-state index contributed by atoms with van der Waals surface area (Å²) in [5.41, 5.74) is 33.4. The quantitative estimate of drug-likeness (QED) is 0.0591. The fourth-order valence-corrected chi connectivity index (χ4v) is 24.1. The van der Waals surface area contributed by atoms with Crippen molar-refractivity contribution in [1.82, 2.24) is 74.2 Å². The molecule has 4 N–H and O–H groups in total. The van der Waals surface area contributed by atoms with Crippen LogP contribution in [-0.4, -0.2) is 211 Å². The fraction of sp³-hybridized carbons (Fsp3) is 0.433. The molecule has 147 heavy (non-hydrogen) atoms. The molecular weight excluding hydrogens is 1820 g/mol. The van der Waals surface area contributed by atoms with Gasteiger partial charge in [0.25, 0.3) is 23.6 Å². The third-order valence-electron chi connectivity index (χ3n) is 34.3. The molecule has 756 valence electrons. The molecule has 11 heterocycles. The summed E-state index contributed by atoms with van der Waals surface area (Å²) in [4.78, 5) is 104. The second kappa shape index (κ2) is 45.5. The summed E-state index contributed by atoms with van der Waals surface area (Å²) >= 11 is 0. The van der Waals surface area contributed by atoms with E-state index in [0.29, 0.717) is 54.0 Å². The molecule has 8 fully saturated rings. The Kier molecular flexibility index (Phi) is 31.2. The van der Waals surface area contributed by atoms with Crippen molar-refractivity contribution in [2.45, 2.75) is 242 Å². The van der Waals surface area contributed by atoms with E-state index >= 15 is 0 Å². The Labute approximate surface area is 869 Å². The first-order chi connectivity index (χ1) is 71.6. The number of nitrogens with zero attached hydrogens (tertiary/aromatic N) is 11. The van der Waals surface area contributed by atoms with E-state index in [0.717, 1.165) is 288 Å². The van der Waals surface area contributed by atoms with Crippen molar-refractivity contribution >= 4 is 23.6 Å². The lowest BCUT2D eigenvalue weighted by Crippen LogP contribution is -2.38. The maximum Gasteiger partial charge on any atom is 0.254 e. The largest absolute Gasteiger partial charge is 0.378 e. The van der Waals surface area contributed by atoms with Gasteiger partial charge in [-0.25, -0.2) is 19.9 Å². The topological polar surface area (TPSA) is 215 Å². The molecule has 4 amide bonds. The molecule has 0 atom stereocenters. The number of likely N-dealkylation sites (N-methyl/N-ethyl adjacent to an activating group) is 3. The molecule has 7 aliphatic heterocycles. The number of terminal acetylenes is 4. The van der Waals surface area contributed by atoms with E-state index in [4.69, 9.17) is 45.4 Å². The maximum atomic E-state index is 13.8. The summed E-state index contributed by atoms with van der Waals surface area (Å²) in [7, 11) is 8.19. The van der Waals surface area contributed by atoms with Crippen LogP contribution >= 0.6 is 0 Å². The number of hydrogen-bond acceptors (Lipinski definition) is 12. The zero-order chi connectivity index (χ0) is 101. The number of hydrogen-bond donors (Lipinski definition) is 4. The number of benzene rings is 8. The zero-order valence-electron chi connectivity index (χ0n) is 87.2. The zero-order valence-corrected chi connectivity index (χ0v) is 87.2. The van der Waals surface area contributed by atoms with Gasteiger partial charge in [0.15, 0.2) is 0 Å². The number of methoxy groups -OCH3 is 1. The number of carbonyl (C=O) groups is 4. The Balaban J connectivity index is 0.000000119. The molecule has 4 aliphatic carbocycles. The minimum atomic E-state index is 0.119. The lowest BCUT2D eigenvalue weighted by Gasteiger charge is -2.33. The number of fused-ring (bicyclic) bond motifs is 3. The molecule has 8 aromatic carbocycles. The Bertz CT molecular complexity index is 6880. The molecule has 0 unspecified atom stereocenters.